The van der Waals surface area contributed by atoms with E-state index in [0.717, 1.165) is 38.9 Å². The van der Waals surface area contributed by atoms with E-state index in [9.17, 15) is 9.90 Å². The Kier molecular flexibility index (Phi) is 4.40. The first kappa shape index (κ1) is 16.9. The zero-order valence-electron chi connectivity index (χ0n) is 14.8. The maximum atomic E-state index is 11.5. The summed E-state index contributed by atoms with van der Waals surface area (Å²) < 4.78 is 10.8. The Bertz CT molecular complexity index is 956. The number of carbonyl (C=O) groups is 1. The molecule has 2 N–H and O–H groups in total. The van der Waals surface area contributed by atoms with Crippen LogP contribution in [0.15, 0.2) is 30.3 Å². The third-order valence-corrected chi connectivity index (χ3v) is 4.35. The highest BCUT2D eigenvalue weighted by Gasteiger charge is 2.20. The summed E-state index contributed by atoms with van der Waals surface area (Å²) in [5.74, 6) is 0.473. The smallest absolute Gasteiger partial charge is 0.307 e. The number of aromatic amines is 1. The van der Waals surface area contributed by atoms with E-state index >= 15 is 0 Å². The van der Waals surface area contributed by atoms with Gasteiger partial charge in [0.2, 0.25) is 0 Å². The van der Waals surface area contributed by atoms with Crippen LogP contribution in [-0.4, -0.2) is 30.3 Å². The second kappa shape index (κ2) is 6.51. The number of aryl methyl sites for hydroxylation is 2. The van der Waals surface area contributed by atoms with Crippen LogP contribution in [0.5, 0.6) is 11.5 Å². The minimum Gasteiger partial charge on any atom is -0.497 e. The first-order valence-electron chi connectivity index (χ1n) is 8.00. The van der Waals surface area contributed by atoms with Crippen LogP contribution in [-0.2, 0) is 11.2 Å². The normalized spacial score (nSPS) is 10.9. The Labute approximate surface area is 146 Å². The van der Waals surface area contributed by atoms with E-state index < -0.39 is 5.97 Å². The van der Waals surface area contributed by atoms with Crippen molar-refractivity contribution in [3.8, 4) is 22.8 Å². The van der Waals surface area contributed by atoms with E-state index in [1.165, 1.54) is 0 Å². The summed E-state index contributed by atoms with van der Waals surface area (Å²) in [5, 5.41) is 10.4. The summed E-state index contributed by atoms with van der Waals surface area (Å²) in [5.41, 5.74) is 5.39. The van der Waals surface area contributed by atoms with Gasteiger partial charge < -0.3 is 19.6 Å². The Balaban J connectivity index is 2.36. The van der Waals surface area contributed by atoms with Gasteiger partial charge in [0, 0.05) is 16.5 Å². The second-order valence-electron chi connectivity index (χ2n) is 6.12. The molecule has 0 aliphatic rings. The number of rotatable bonds is 5. The molecule has 1 aromatic heterocycles. The van der Waals surface area contributed by atoms with Crippen LogP contribution < -0.4 is 9.47 Å². The number of carboxylic acids is 1. The van der Waals surface area contributed by atoms with Gasteiger partial charge in [-0.25, -0.2) is 0 Å². The molecule has 25 heavy (non-hydrogen) atoms. The standard InChI is InChI=1S/C20H21NO4/c1-11-7-12(2)19-15(10-18(22)23)20(21-16(19)8-11)14-9-13(24-3)5-6-17(14)25-4/h5-9,21H,10H2,1-4H3,(H,22,23). The van der Waals surface area contributed by atoms with Gasteiger partial charge in [0.05, 0.1) is 26.3 Å². The molecule has 0 radical (unpaired) electrons. The highest BCUT2D eigenvalue weighted by atomic mass is 16.5. The number of fused-ring (bicyclic) bond motifs is 1. The molecule has 0 spiro atoms. The fourth-order valence-electron chi connectivity index (χ4n) is 3.37. The number of H-pyrrole nitrogens is 1. The Morgan fingerprint density at radius 3 is 2.52 bits per heavy atom. The molecule has 0 unspecified atom stereocenters. The van der Waals surface area contributed by atoms with Crippen molar-refractivity contribution in [2.24, 2.45) is 0 Å². The number of methoxy groups -OCH3 is 2. The van der Waals surface area contributed by atoms with Crippen LogP contribution in [0.1, 0.15) is 16.7 Å². The molecule has 130 valence electrons. The van der Waals surface area contributed by atoms with Crippen LogP contribution in [0.25, 0.3) is 22.2 Å². The number of ether oxygens (including phenoxy) is 2. The summed E-state index contributed by atoms with van der Waals surface area (Å²) in [4.78, 5) is 14.9. The van der Waals surface area contributed by atoms with Gasteiger partial charge in [0.15, 0.2) is 0 Å². The Morgan fingerprint density at radius 1 is 1.12 bits per heavy atom. The summed E-state index contributed by atoms with van der Waals surface area (Å²) in [7, 11) is 3.20. The lowest BCUT2D eigenvalue weighted by Gasteiger charge is -2.11. The summed E-state index contributed by atoms with van der Waals surface area (Å²) in [6.45, 7) is 4.02. The van der Waals surface area contributed by atoms with E-state index in [-0.39, 0.29) is 6.42 Å². The minimum absolute atomic E-state index is 0.0698. The van der Waals surface area contributed by atoms with Gasteiger partial charge in [-0.1, -0.05) is 6.07 Å². The predicted molar refractivity (Wildman–Crippen MR) is 97.7 cm³/mol. The van der Waals surface area contributed by atoms with Gasteiger partial charge in [0.25, 0.3) is 0 Å². The summed E-state index contributed by atoms with van der Waals surface area (Å²) in [6, 6.07) is 9.59. The molecule has 0 fully saturated rings. The predicted octanol–water partition coefficient (Wildman–Crippen LogP) is 4.10. The maximum absolute atomic E-state index is 11.5. The van der Waals surface area contributed by atoms with Crippen LogP contribution in [0.3, 0.4) is 0 Å². The molecule has 5 heteroatoms. The van der Waals surface area contributed by atoms with Gasteiger partial charge >= 0.3 is 5.97 Å². The third-order valence-electron chi connectivity index (χ3n) is 4.35. The monoisotopic (exact) mass is 339 g/mol. The summed E-state index contributed by atoms with van der Waals surface area (Å²) >= 11 is 0. The number of nitrogens with one attached hydrogen (secondary N) is 1. The molecule has 3 rings (SSSR count). The fourth-order valence-corrected chi connectivity index (χ4v) is 3.37. The molecular formula is C20H21NO4. The lowest BCUT2D eigenvalue weighted by molar-refractivity contribution is -0.136. The lowest BCUT2D eigenvalue weighted by Crippen LogP contribution is -2.02. The molecule has 0 aliphatic heterocycles. The molecule has 5 nitrogen and oxygen atoms in total. The average molecular weight is 339 g/mol. The van der Waals surface area contributed by atoms with Crippen LogP contribution in [0, 0.1) is 13.8 Å². The van der Waals surface area contributed by atoms with Gasteiger partial charge in [-0.05, 0) is 54.8 Å². The highest BCUT2D eigenvalue weighted by molar-refractivity contribution is 5.97. The number of benzene rings is 2. The molecule has 0 aliphatic carbocycles. The van der Waals surface area contributed by atoms with Crippen molar-refractivity contribution in [1.82, 2.24) is 4.98 Å². The topological polar surface area (TPSA) is 71.5 Å². The minimum atomic E-state index is -0.871. The SMILES string of the molecule is COc1ccc(OC)c(-c2[nH]c3cc(C)cc(C)c3c2CC(=O)O)c1. The highest BCUT2D eigenvalue weighted by Crippen LogP contribution is 2.39. The number of hydrogen-bond acceptors (Lipinski definition) is 3. The molecule has 3 aromatic rings. The van der Waals surface area contributed by atoms with Gasteiger partial charge in [-0.2, -0.15) is 0 Å². The molecule has 0 atom stereocenters. The second-order valence-corrected chi connectivity index (χ2v) is 6.12. The van der Waals surface area contributed by atoms with Crippen molar-refractivity contribution >= 4 is 16.9 Å². The van der Waals surface area contributed by atoms with Crippen molar-refractivity contribution < 1.29 is 19.4 Å². The van der Waals surface area contributed by atoms with E-state index in [1.807, 2.05) is 38.1 Å². The molecule has 1 heterocycles. The lowest BCUT2D eigenvalue weighted by atomic mass is 9.98. The largest absolute Gasteiger partial charge is 0.497 e. The number of carboxylic acid groups (broad SMARTS) is 1. The van der Waals surface area contributed by atoms with Crippen LogP contribution in [0.4, 0.5) is 0 Å². The average Bonchev–Trinajstić information content (AvgIpc) is 2.91. The van der Waals surface area contributed by atoms with E-state index in [0.29, 0.717) is 11.5 Å². The molecule has 0 bridgehead atoms. The van der Waals surface area contributed by atoms with Gasteiger partial charge in [-0.3, -0.25) is 4.79 Å². The van der Waals surface area contributed by atoms with Crippen molar-refractivity contribution in [2.45, 2.75) is 20.3 Å². The Morgan fingerprint density at radius 2 is 1.88 bits per heavy atom. The van der Waals surface area contributed by atoms with Gasteiger partial charge in [-0.15, -0.1) is 0 Å². The van der Waals surface area contributed by atoms with Crippen molar-refractivity contribution in [3.05, 3.63) is 47.0 Å². The fraction of sp³-hybridized carbons (Fsp3) is 0.250. The van der Waals surface area contributed by atoms with Crippen molar-refractivity contribution in [2.75, 3.05) is 14.2 Å². The van der Waals surface area contributed by atoms with Crippen LogP contribution >= 0.6 is 0 Å². The molecule has 0 saturated heterocycles. The van der Waals surface area contributed by atoms with E-state index in [2.05, 4.69) is 11.1 Å². The maximum Gasteiger partial charge on any atom is 0.307 e. The summed E-state index contributed by atoms with van der Waals surface area (Å²) in [6.07, 6.45) is -0.0698. The molecule has 0 saturated carbocycles. The number of hydrogen-bond donors (Lipinski definition) is 2. The van der Waals surface area contributed by atoms with E-state index in [1.54, 1.807) is 14.2 Å². The first-order valence-corrected chi connectivity index (χ1v) is 8.00. The van der Waals surface area contributed by atoms with E-state index in [4.69, 9.17) is 9.47 Å². The van der Waals surface area contributed by atoms with Crippen LogP contribution in [0.2, 0.25) is 0 Å². The number of aliphatic carboxylic acids is 1. The van der Waals surface area contributed by atoms with Crippen molar-refractivity contribution in [1.29, 1.82) is 0 Å². The zero-order valence-corrected chi connectivity index (χ0v) is 14.8. The molecular weight excluding hydrogens is 318 g/mol. The quantitative estimate of drug-likeness (QED) is 0.734. The first-order chi connectivity index (χ1) is 11.9. The van der Waals surface area contributed by atoms with Gasteiger partial charge in [0.1, 0.15) is 11.5 Å². The van der Waals surface area contributed by atoms with Crippen molar-refractivity contribution in [3.63, 3.8) is 0 Å². The molecule has 0 amide bonds. The Hall–Kier alpha value is -2.95. The third kappa shape index (κ3) is 3.05. The number of aromatic nitrogens is 1. The molecule has 2 aromatic carbocycles. The zero-order chi connectivity index (χ0) is 18.1.